The van der Waals surface area contributed by atoms with Crippen molar-refractivity contribution in [2.75, 3.05) is 46.7 Å². The van der Waals surface area contributed by atoms with E-state index in [-0.39, 0.29) is 13.2 Å². The van der Waals surface area contributed by atoms with Crippen LogP contribution in [0.25, 0.3) is 0 Å². The summed E-state index contributed by atoms with van der Waals surface area (Å²) < 4.78 is 10.0. The minimum absolute atomic E-state index is 0.0957. The summed E-state index contributed by atoms with van der Waals surface area (Å²) in [6, 6.07) is 0. The van der Waals surface area contributed by atoms with Crippen LogP contribution in [0.5, 0.6) is 0 Å². The molecule has 0 aromatic heterocycles. The van der Waals surface area contributed by atoms with Crippen LogP contribution in [-0.2, 0) is 9.47 Å². The summed E-state index contributed by atoms with van der Waals surface area (Å²) >= 11 is 0. The van der Waals surface area contributed by atoms with E-state index in [0.29, 0.717) is 26.4 Å². The van der Waals surface area contributed by atoms with Gasteiger partial charge in [-0.2, -0.15) is 0 Å². The van der Waals surface area contributed by atoms with Crippen LogP contribution < -0.4 is 5.32 Å². The average Bonchev–Trinajstić information content (AvgIpc) is 2.23. The van der Waals surface area contributed by atoms with E-state index in [1.807, 2.05) is 0 Å². The Hall–Kier alpha value is -0.200. The first-order valence-electron chi connectivity index (χ1n) is 4.72. The maximum atomic E-state index is 8.94. The minimum atomic E-state index is -0.620. The van der Waals surface area contributed by atoms with Crippen molar-refractivity contribution in [2.45, 2.75) is 12.5 Å². The van der Waals surface area contributed by atoms with Gasteiger partial charge in [-0.25, -0.2) is 0 Å². The molecule has 0 aliphatic carbocycles. The van der Waals surface area contributed by atoms with Crippen molar-refractivity contribution >= 4 is 0 Å². The predicted octanol–water partition coefficient (Wildman–Crippen LogP) is -1.02. The van der Waals surface area contributed by atoms with Crippen LogP contribution in [0.2, 0.25) is 0 Å². The fraction of sp³-hybridized carbons (Fsp3) is 1.00. The number of rotatable bonds is 9. The van der Waals surface area contributed by atoms with Crippen LogP contribution in [0.1, 0.15) is 6.92 Å². The van der Waals surface area contributed by atoms with E-state index in [1.54, 1.807) is 14.0 Å². The normalized spacial score (nSPS) is 12.0. The third kappa shape index (κ3) is 6.28. The van der Waals surface area contributed by atoms with Gasteiger partial charge in [0.25, 0.3) is 0 Å². The minimum Gasteiger partial charge on any atom is -0.394 e. The third-order valence-corrected chi connectivity index (χ3v) is 1.93. The lowest BCUT2D eigenvalue weighted by atomic mass is 10.1. The summed E-state index contributed by atoms with van der Waals surface area (Å²) in [5.74, 6) is 0. The Morgan fingerprint density at radius 3 is 2.29 bits per heavy atom. The molecule has 3 N–H and O–H groups in total. The van der Waals surface area contributed by atoms with Crippen molar-refractivity contribution in [2.24, 2.45) is 0 Å². The highest BCUT2D eigenvalue weighted by atomic mass is 16.5. The topological polar surface area (TPSA) is 71.0 Å². The lowest BCUT2D eigenvalue weighted by Gasteiger charge is -2.26. The summed E-state index contributed by atoms with van der Waals surface area (Å²) in [5, 5.41) is 20.9. The molecule has 0 saturated carbocycles. The molecule has 0 aliphatic heterocycles. The van der Waals surface area contributed by atoms with Gasteiger partial charge in [0, 0.05) is 13.7 Å². The molecule has 0 aromatic carbocycles. The summed E-state index contributed by atoms with van der Waals surface area (Å²) in [5.41, 5.74) is -0.620. The molecule has 0 radical (unpaired) electrons. The standard InChI is InChI=1S/C9H21NO4/c1-9(7-11,8-12)10-3-4-14-6-5-13-2/h10-12H,3-8H2,1-2H3. The molecule has 5 nitrogen and oxygen atoms in total. The molecule has 0 aliphatic rings. The molecule has 0 atom stereocenters. The van der Waals surface area contributed by atoms with Crippen molar-refractivity contribution in [3.05, 3.63) is 0 Å². The smallest absolute Gasteiger partial charge is 0.0700 e. The highest BCUT2D eigenvalue weighted by Gasteiger charge is 2.20. The molecular weight excluding hydrogens is 186 g/mol. The molecule has 86 valence electrons. The van der Waals surface area contributed by atoms with Gasteiger partial charge in [-0.15, -0.1) is 0 Å². The first-order valence-corrected chi connectivity index (χ1v) is 4.72. The third-order valence-electron chi connectivity index (χ3n) is 1.93. The highest BCUT2D eigenvalue weighted by Crippen LogP contribution is 1.99. The molecule has 14 heavy (non-hydrogen) atoms. The van der Waals surface area contributed by atoms with E-state index < -0.39 is 5.54 Å². The second kappa shape index (κ2) is 8.14. The molecule has 5 heteroatoms. The number of nitrogens with one attached hydrogen (secondary N) is 1. The van der Waals surface area contributed by atoms with Crippen LogP contribution >= 0.6 is 0 Å². The van der Waals surface area contributed by atoms with E-state index in [2.05, 4.69) is 5.32 Å². The van der Waals surface area contributed by atoms with E-state index >= 15 is 0 Å². The second-order valence-electron chi connectivity index (χ2n) is 3.41. The Morgan fingerprint density at radius 1 is 1.14 bits per heavy atom. The zero-order valence-electron chi connectivity index (χ0n) is 8.95. The fourth-order valence-electron chi connectivity index (χ4n) is 0.831. The summed E-state index contributed by atoms with van der Waals surface area (Å²) in [6.07, 6.45) is 0. The zero-order chi connectivity index (χ0) is 10.9. The predicted molar refractivity (Wildman–Crippen MR) is 53.3 cm³/mol. The van der Waals surface area contributed by atoms with Crippen molar-refractivity contribution in [1.29, 1.82) is 0 Å². The van der Waals surface area contributed by atoms with Gasteiger partial charge in [0.05, 0.1) is 38.6 Å². The number of ether oxygens (including phenoxy) is 2. The fourth-order valence-corrected chi connectivity index (χ4v) is 0.831. The first-order chi connectivity index (χ1) is 6.68. The van der Waals surface area contributed by atoms with E-state index in [9.17, 15) is 0 Å². The van der Waals surface area contributed by atoms with Crippen molar-refractivity contribution in [3.63, 3.8) is 0 Å². The molecule has 0 fully saturated rings. The molecule has 0 amide bonds. The van der Waals surface area contributed by atoms with Gasteiger partial charge in [-0.05, 0) is 6.92 Å². The molecule has 0 heterocycles. The summed E-state index contributed by atoms with van der Waals surface area (Å²) in [7, 11) is 1.62. The van der Waals surface area contributed by atoms with Crippen LogP contribution in [0.3, 0.4) is 0 Å². The number of hydrogen-bond donors (Lipinski definition) is 3. The SMILES string of the molecule is COCCOCCNC(C)(CO)CO. The van der Waals surface area contributed by atoms with Crippen LogP contribution in [0, 0.1) is 0 Å². The van der Waals surface area contributed by atoms with Gasteiger partial charge in [-0.3, -0.25) is 0 Å². The van der Waals surface area contributed by atoms with Gasteiger partial charge >= 0.3 is 0 Å². The molecule has 0 aromatic rings. The Balaban J connectivity index is 3.34. The van der Waals surface area contributed by atoms with Crippen LogP contribution in [0.4, 0.5) is 0 Å². The molecule has 0 rings (SSSR count). The zero-order valence-corrected chi connectivity index (χ0v) is 8.95. The maximum Gasteiger partial charge on any atom is 0.0700 e. The molecule has 0 spiro atoms. The van der Waals surface area contributed by atoms with Crippen LogP contribution in [-0.4, -0.2) is 62.4 Å². The molecule has 0 saturated heterocycles. The Kier molecular flexibility index (Phi) is 8.02. The summed E-state index contributed by atoms with van der Waals surface area (Å²) in [6.45, 7) is 3.84. The lowest BCUT2D eigenvalue weighted by molar-refractivity contribution is 0.0585. The highest BCUT2D eigenvalue weighted by molar-refractivity contribution is 4.80. The number of hydrogen-bond acceptors (Lipinski definition) is 5. The largest absolute Gasteiger partial charge is 0.394 e. The van der Waals surface area contributed by atoms with Crippen molar-refractivity contribution in [1.82, 2.24) is 5.32 Å². The second-order valence-corrected chi connectivity index (χ2v) is 3.41. The van der Waals surface area contributed by atoms with E-state index in [0.717, 1.165) is 0 Å². The molecule has 0 unspecified atom stereocenters. The quantitative estimate of drug-likeness (QED) is 0.422. The Labute approximate surface area is 85.0 Å². The summed E-state index contributed by atoms with van der Waals surface area (Å²) in [4.78, 5) is 0. The molecule has 0 bridgehead atoms. The van der Waals surface area contributed by atoms with E-state index in [1.165, 1.54) is 0 Å². The van der Waals surface area contributed by atoms with E-state index in [4.69, 9.17) is 19.7 Å². The van der Waals surface area contributed by atoms with Crippen molar-refractivity contribution < 1.29 is 19.7 Å². The monoisotopic (exact) mass is 207 g/mol. The van der Waals surface area contributed by atoms with Crippen LogP contribution in [0.15, 0.2) is 0 Å². The van der Waals surface area contributed by atoms with Gasteiger partial charge < -0.3 is 25.0 Å². The van der Waals surface area contributed by atoms with Gasteiger partial charge in [0.1, 0.15) is 0 Å². The lowest BCUT2D eigenvalue weighted by Crippen LogP contribution is -2.50. The number of methoxy groups -OCH3 is 1. The number of aliphatic hydroxyl groups excluding tert-OH is 2. The van der Waals surface area contributed by atoms with Crippen molar-refractivity contribution in [3.8, 4) is 0 Å². The first kappa shape index (κ1) is 13.8. The number of aliphatic hydroxyl groups is 2. The maximum absolute atomic E-state index is 8.94. The van der Waals surface area contributed by atoms with Gasteiger partial charge in [-0.1, -0.05) is 0 Å². The van der Waals surface area contributed by atoms with Gasteiger partial charge in [0.15, 0.2) is 0 Å². The Morgan fingerprint density at radius 2 is 1.79 bits per heavy atom. The van der Waals surface area contributed by atoms with Gasteiger partial charge in [0.2, 0.25) is 0 Å². The molecular formula is C9H21NO4. The average molecular weight is 207 g/mol. The Bertz CT molecular complexity index is 128.